The van der Waals surface area contributed by atoms with Crippen molar-refractivity contribution in [3.05, 3.63) is 58.9 Å². The number of fused-ring (bicyclic) bond motifs is 1. The molecule has 2 atom stereocenters. The fourth-order valence-corrected chi connectivity index (χ4v) is 4.31. The number of hydrogen-bond donors (Lipinski definition) is 1. The smallest absolute Gasteiger partial charge is 0.270 e. The Kier molecular flexibility index (Phi) is 6.20. The van der Waals surface area contributed by atoms with E-state index in [1.54, 1.807) is 13.2 Å². The minimum absolute atomic E-state index is 0.0492. The Morgan fingerprint density at radius 2 is 2.07 bits per heavy atom. The van der Waals surface area contributed by atoms with E-state index in [2.05, 4.69) is 5.32 Å². The number of carbonyl (C=O) groups excluding carboxylic acids is 2. The summed E-state index contributed by atoms with van der Waals surface area (Å²) in [6.07, 6.45) is 1.69. The number of aromatic nitrogens is 1. The molecule has 0 spiro atoms. The van der Waals surface area contributed by atoms with Crippen molar-refractivity contribution >= 4 is 11.8 Å². The summed E-state index contributed by atoms with van der Waals surface area (Å²) in [6.45, 7) is 4.73. The zero-order chi connectivity index (χ0) is 21.1. The van der Waals surface area contributed by atoms with E-state index in [1.807, 2.05) is 46.7 Å². The summed E-state index contributed by atoms with van der Waals surface area (Å²) < 4.78 is 13.0. The Morgan fingerprint density at radius 1 is 1.27 bits per heavy atom. The van der Waals surface area contributed by atoms with Gasteiger partial charge in [0, 0.05) is 26.7 Å². The largest absolute Gasteiger partial charge is 0.380 e. The maximum absolute atomic E-state index is 13.2. The number of amides is 2. The molecule has 2 aliphatic rings. The molecule has 2 aliphatic heterocycles. The van der Waals surface area contributed by atoms with Crippen molar-refractivity contribution in [2.24, 2.45) is 0 Å². The van der Waals surface area contributed by atoms with Crippen molar-refractivity contribution in [1.29, 1.82) is 0 Å². The lowest BCUT2D eigenvalue weighted by Crippen LogP contribution is -2.32. The fraction of sp³-hybridized carbons (Fsp3) is 0.478. The van der Waals surface area contributed by atoms with Crippen LogP contribution < -0.4 is 5.32 Å². The summed E-state index contributed by atoms with van der Waals surface area (Å²) in [6, 6.07) is 11.6. The maximum Gasteiger partial charge on any atom is 0.270 e. The highest BCUT2D eigenvalue weighted by atomic mass is 16.5. The van der Waals surface area contributed by atoms with Crippen molar-refractivity contribution in [3.63, 3.8) is 0 Å². The van der Waals surface area contributed by atoms with Crippen LogP contribution in [0.3, 0.4) is 0 Å². The molecular weight excluding hydrogens is 382 g/mol. The van der Waals surface area contributed by atoms with Gasteiger partial charge in [-0.2, -0.15) is 0 Å². The summed E-state index contributed by atoms with van der Waals surface area (Å²) in [5.41, 5.74) is 2.92. The second-order valence-electron chi connectivity index (χ2n) is 7.84. The molecule has 4 rings (SSSR count). The van der Waals surface area contributed by atoms with E-state index in [0.29, 0.717) is 44.1 Å². The van der Waals surface area contributed by atoms with Gasteiger partial charge in [0.25, 0.3) is 11.8 Å². The first kappa shape index (κ1) is 20.6. The Balaban J connectivity index is 1.59. The number of likely N-dealkylation sites (tertiary alicyclic amines) is 1. The van der Waals surface area contributed by atoms with Gasteiger partial charge in [-0.3, -0.25) is 9.59 Å². The lowest BCUT2D eigenvalue weighted by atomic mass is 10.0. The molecule has 2 aromatic rings. The van der Waals surface area contributed by atoms with Crippen LogP contribution in [0.5, 0.6) is 0 Å². The Hall–Kier alpha value is -2.64. The van der Waals surface area contributed by atoms with Crippen LogP contribution in [-0.4, -0.2) is 54.2 Å². The summed E-state index contributed by atoms with van der Waals surface area (Å²) in [4.78, 5) is 28.2. The van der Waals surface area contributed by atoms with Gasteiger partial charge in [0.1, 0.15) is 5.69 Å². The van der Waals surface area contributed by atoms with Crippen molar-refractivity contribution < 1.29 is 19.1 Å². The quantitative estimate of drug-likeness (QED) is 0.793. The maximum atomic E-state index is 13.2. The third-order valence-corrected chi connectivity index (χ3v) is 6.05. The second-order valence-corrected chi connectivity index (χ2v) is 7.84. The molecule has 3 heterocycles. The van der Waals surface area contributed by atoms with Crippen molar-refractivity contribution in [3.8, 4) is 0 Å². The summed E-state index contributed by atoms with van der Waals surface area (Å²) in [7, 11) is 1.68. The molecule has 1 N–H and O–H groups in total. The van der Waals surface area contributed by atoms with Crippen molar-refractivity contribution in [1.82, 2.24) is 14.8 Å². The predicted octanol–water partition coefficient (Wildman–Crippen LogP) is 2.76. The molecule has 0 aliphatic carbocycles. The zero-order valence-electron chi connectivity index (χ0n) is 17.6. The van der Waals surface area contributed by atoms with Crippen LogP contribution in [0.15, 0.2) is 36.4 Å². The van der Waals surface area contributed by atoms with E-state index < -0.39 is 0 Å². The first-order valence-electron chi connectivity index (χ1n) is 10.6. The molecule has 0 unspecified atom stereocenters. The summed E-state index contributed by atoms with van der Waals surface area (Å²) in [5, 5.41) is 3.13. The topological polar surface area (TPSA) is 72.8 Å². The standard InChI is InChI=1S/C23H29N3O4/c1-3-19(16-7-5-4-6-8-16)24-22(27)18-13-20(26-11-12-30-15-21(18)26)23(28)25-10-9-17(14-25)29-2/h4-8,13,17,19H,3,9-12,14-15H2,1-2H3,(H,24,27)/t17-,19+/m0/s1. The number of nitrogens with one attached hydrogen (secondary N) is 1. The minimum atomic E-state index is -0.171. The minimum Gasteiger partial charge on any atom is -0.380 e. The van der Waals surface area contributed by atoms with Crippen LogP contribution in [0.2, 0.25) is 0 Å². The Labute approximate surface area is 177 Å². The molecule has 0 radical (unpaired) electrons. The average Bonchev–Trinajstić information content (AvgIpc) is 3.42. The molecular formula is C23H29N3O4. The van der Waals surface area contributed by atoms with Crippen molar-refractivity contribution in [2.75, 3.05) is 26.8 Å². The van der Waals surface area contributed by atoms with Crippen LogP contribution in [0.1, 0.15) is 57.9 Å². The molecule has 1 aromatic carbocycles. The number of carbonyl (C=O) groups is 2. The number of methoxy groups -OCH3 is 1. The van der Waals surface area contributed by atoms with Gasteiger partial charge in [-0.1, -0.05) is 37.3 Å². The third kappa shape index (κ3) is 4.00. The lowest BCUT2D eigenvalue weighted by Gasteiger charge is -2.22. The van der Waals surface area contributed by atoms with Gasteiger partial charge in [0.15, 0.2) is 0 Å². The molecule has 7 nitrogen and oxygen atoms in total. The molecule has 1 aromatic heterocycles. The Bertz CT molecular complexity index is 909. The third-order valence-electron chi connectivity index (χ3n) is 6.05. The SMILES string of the molecule is CC[C@@H](NC(=O)c1cc(C(=O)N2CC[C@H](OC)C2)n2c1COCC2)c1ccccc1. The van der Waals surface area contributed by atoms with Crippen LogP contribution in [0.25, 0.3) is 0 Å². The van der Waals surface area contributed by atoms with Gasteiger partial charge < -0.3 is 24.3 Å². The molecule has 1 saturated heterocycles. The first-order chi connectivity index (χ1) is 14.6. The van der Waals surface area contributed by atoms with E-state index in [1.165, 1.54) is 0 Å². The first-order valence-corrected chi connectivity index (χ1v) is 10.6. The second kappa shape index (κ2) is 9.02. The summed E-state index contributed by atoms with van der Waals surface area (Å²) in [5.74, 6) is -0.220. The molecule has 7 heteroatoms. The molecule has 0 bridgehead atoms. The normalized spacial score (nSPS) is 19.4. The molecule has 2 amide bonds. The van der Waals surface area contributed by atoms with Crippen LogP contribution in [0.4, 0.5) is 0 Å². The molecule has 0 saturated carbocycles. The van der Waals surface area contributed by atoms with E-state index in [0.717, 1.165) is 24.1 Å². The fourth-order valence-electron chi connectivity index (χ4n) is 4.31. The van der Waals surface area contributed by atoms with Gasteiger partial charge >= 0.3 is 0 Å². The number of benzene rings is 1. The number of nitrogens with zero attached hydrogens (tertiary/aromatic N) is 2. The van der Waals surface area contributed by atoms with E-state index >= 15 is 0 Å². The van der Waals surface area contributed by atoms with Gasteiger partial charge in [0.2, 0.25) is 0 Å². The average molecular weight is 412 g/mol. The van der Waals surface area contributed by atoms with Crippen LogP contribution in [-0.2, 0) is 22.6 Å². The van der Waals surface area contributed by atoms with Crippen molar-refractivity contribution in [2.45, 2.75) is 45.1 Å². The van der Waals surface area contributed by atoms with Gasteiger partial charge in [0.05, 0.1) is 36.6 Å². The number of hydrogen-bond acceptors (Lipinski definition) is 4. The number of rotatable bonds is 6. The van der Waals surface area contributed by atoms with Gasteiger partial charge in [-0.15, -0.1) is 0 Å². The van der Waals surface area contributed by atoms with Gasteiger partial charge in [-0.25, -0.2) is 0 Å². The molecule has 30 heavy (non-hydrogen) atoms. The Morgan fingerprint density at radius 3 is 2.77 bits per heavy atom. The summed E-state index contributed by atoms with van der Waals surface area (Å²) >= 11 is 0. The highest BCUT2D eigenvalue weighted by molar-refractivity contribution is 6.01. The van der Waals surface area contributed by atoms with Crippen LogP contribution >= 0.6 is 0 Å². The van der Waals surface area contributed by atoms with Crippen LogP contribution in [0, 0.1) is 0 Å². The van der Waals surface area contributed by atoms with Gasteiger partial charge in [-0.05, 0) is 24.5 Å². The van der Waals surface area contributed by atoms with E-state index in [-0.39, 0.29) is 24.0 Å². The molecule has 160 valence electrons. The van der Waals surface area contributed by atoms with E-state index in [9.17, 15) is 9.59 Å². The predicted molar refractivity (Wildman–Crippen MR) is 112 cm³/mol. The molecule has 1 fully saturated rings. The highest BCUT2D eigenvalue weighted by Crippen LogP contribution is 2.25. The highest BCUT2D eigenvalue weighted by Gasteiger charge is 2.32. The monoisotopic (exact) mass is 411 g/mol. The number of ether oxygens (including phenoxy) is 2. The van der Waals surface area contributed by atoms with E-state index in [4.69, 9.17) is 9.47 Å². The lowest BCUT2D eigenvalue weighted by molar-refractivity contribution is 0.0671. The zero-order valence-corrected chi connectivity index (χ0v) is 17.6.